The van der Waals surface area contributed by atoms with E-state index in [9.17, 15) is 4.79 Å². The number of benzene rings is 1. The van der Waals surface area contributed by atoms with Gasteiger partial charge in [-0.05, 0) is 37.5 Å². The van der Waals surface area contributed by atoms with Crippen LogP contribution in [-0.2, 0) is 0 Å². The van der Waals surface area contributed by atoms with Crippen molar-refractivity contribution in [1.29, 1.82) is 0 Å². The topological polar surface area (TPSA) is 82.0 Å². The van der Waals surface area contributed by atoms with Crippen molar-refractivity contribution in [2.75, 3.05) is 5.73 Å². The highest BCUT2D eigenvalue weighted by Crippen LogP contribution is 2.31. The zero-order chi connectivity index (χ0) is 12.6. The van der Waals surface area contributed by atoms with Gasteiger partial charge in [0.2, 0.25) is 0 Å². The van der Waals surface area contributed by atoms with E-state index < -0.39 is 5.91 Å². The Labute approximate surface area is 103 Å². The normalized spacial score (nSPS) is 10.5. The molecule has 1 aromatic carbocycles. The minimum Gasteiger partial charge on any atom is -0.396 e. The number of rotatable bonds is 2. The highest BCUT2D eigenvalue weighted by molar-refractivity contribution is 7.09. The number of aryl methyl sites for hydroxylation is 2. The summed E-state index contributed by atoms with van der Waals surface area (Å²) < 4.78 is 4.21. The van der Waals surface area contributed by atoms with Crippen molar-refractivity contribution >= 4 is 23.1 Å². The summed E-state index contributed by atoms with van der Waals surface area (Å²) in [7, 11) is 0. The molecule has 0 unspecified atom stereocenters. The molecule has 0 saturated heterocycles. The van der Waals surface area contributed by atoms with Crippen molar-refractivity contribution in [3.63, 3.8) is 0 Å². The van der Waals surface area contributed by atoms with E-state index in [0.717, 1.165) is 28.2 Å². The number of anilines is 1. The lowest BCUT2D eigenvalue weighted by Crippen LogP contribution is -2.10. The number of hydrogen-bond donors (Lipinski definition) is 2. The number of primary amides is 1. The van der Waals surface area contributed by atoms with Gasteiger partial charge in [0.05, 0.1) is 5.69 Å². The van der Waals surface area contributed by atoms with E-state index in [1.165, 1.54) is 0 Å². The first kappa shape index (κ1) is 11.6. The molecule has 4 N–H and O–H groups in total. The van der Waals surface area contributed by atoms with Crippen LogP contribution in [-0.4, -0.2) is 10.3 Å². The van der Waals surface area contributed by atoms with E-state index in [1.54, 1.807) is 0 Å². The molecular formula is C12H13N3OS. The van der Waals surface area contributed by atoms with Gasteiger partial charge in [0.25, 0.3) is 5.91 Å². The number of carbonyl (C=O) groups is 1. The Balaban J connectivity index is 2.57. The van der Waals surface area contributed by atoms with Gasteiger partial charge in [-0.1, -0.05) is 17.2 Å². The first-order valence-corrected chi connectivity index (χ1v) is 5.90. The molecule has 0 fully saturated rings. The van der Waals surface area contributed by atoms with E-state index in [-0.39, 0.29) is 0 Å². The van der Waals surface area contributed by atoms with Crippen LogP contribution in [0.2, 0.25) is 0 Å². The molecule has 1 amide bonds. The molecule has 0 saturated carbocycles. The van der Waals surface area contributed by atoms with Gasteiger partial charge in [-0.3, -0.25) is 4.79 Å². The van der Waals surface area contributed by atoms with Crippen LogP contribution in [0.25, 0.3) is 11.3 Å². The van der Waals surface area contributed by atoms with Gasteiger partial charge >= 0.3 is 0 Å². The molecule has 0 bridgehead atoms. The second kappa shape index (κ2) is 4.18. The van der Waals surface area contributed by atoms with Crippen LogP contribution in [0.4, 0.5) is 5.69 Å². The fraction of sp³-hybridized carbons (Fsp3) is 0.167. The predicted octanol–water partition coefficient (Wildman–Crippen LogP) is 2.11. The average Bonchev–Trinajstić information content (AvgIpc) is 2.58. The number of nitrogens with two attached hydrogens (primary N) is 2. The summed E-state index contributed by atoms with van der Waals surface area (Å²) >= 11 is 1.04. The highest BCUT2D eigenvalue weighted by atomic mass is 32.1. The third-order valence-corrected chi connectivity index (χ3v) is 3.32. The Kier molecular flexibility index (Phi) is 2.85. The molecule has 17 heavy (non-hydrogen) atoms. The second-order valence-corrected chi connectivity index (χ2v) is 4.79. The van der Waals surface area contributed by atoms with Crippen molar-refractivity contribution in [2.24, 2.45) is 5.73 Å². The number of hydrogen-bond acceptors (Lipinski definition) is 4. The molecule has 0 aliphatic rings. The second-order valence-electron chi connectivity index (χ2n) is 4.01. The Morgan fingerprint density at radius 3 is 2.29 bits per heavy atom. The van der Waals surface area contributed by atoms with Crippen molar-refractivity contribution in [3.05, 3.63) is 34.2 Å². The van der Waals surface area contributed by atoms with Gasteiger partial charge in [0.15, 0.2) is 0 Å². The van der Waals surface area contributed by atoms with Gasteiger partial charge in [0, 0.05) is 5.56 Å². The average molecular weight is 247 g/mol. The van der Waals surface area contributed by atoms with Crippen LogP contribution in [0.5, 0.6) is 0 Å². The summed E-state index contributed by atoms with van der Waals surface area (Å²) in [6, 6.07) is 6.05. The molecular weight excluding hydrogens is 234 g/mol. The summed E-state index contributed by atoms with van der Waals surface area (Å²) in [5.41, 5.74) is 15.3. The van der Waals surface area contributed by atoms with Crippen molar-refractivity contribution in [1.82, 2.24) is 4.37 Å². The number of aromatic nitrogens is 1. The molecule has 0 spiro atoms. The number of nitrogens with zero attached hydrogens (tertiary/aromatic N) is 1. The summed E-state index contributed by atoms with van der Waals surface area (Å²) in [5, 5.41) is 0. The zero-order valence-corrected chi connectivity index (χ0v) is 10.5. The third-order valence-electron chi connectivity index (χ3n) is 2.45. The zero-order valence-electron chi connectivity index (χ0n) is 9.65. The molecule has 1 aromatic heterocycles. The molecule has 5 heteroatoms. The Morgan fingerprint density at radius 1 is 1.24 bits per heavy atom. The van der Waals surface area contributed by atoms with Gasteiger partial charge in [-0.2, -0.15) is 4.37 Å². The maximum atomic E-state index is 11.1. The molecule has 0 aliphatic carbocycles. The molecule has 4 nitrogen and oxygen atoms in total. The van der Waals surface area contributed by atoms with E-state index in [2.05, 4.69) is 10.4 Å². The molecule has 0 atom stereocenters. The summed E-state index contributed by atoms with van der Waals surface area (Å²) in [6.45, 7) is 4.02. The fourth-order valence-corrected chi connectivity index (χ4v) is 2.47. The van der Waals surface area contributed by atoms with Gasteiger partial charge in [-0.25, -0.2) is 0 Å². The minimum absolute atomic E-state index is 0.319. The Bertz CT molecular complexity index is 569. The van der Waals surface area contributed by atoms with Crippen molar-refractivity contribution in [3.8, 4) is 11.3 Å². The standard InChI is InChI=1S/C12H13N3OS/c1-6-3-7(2)5-8(4-6)10-9(13)11(12(14)16)17-15-10/h3-5H,13H2,1-2H3,(H2,14,16). The van der Waals surface area contributed by atoms with Crippen LogP contribution < -0.4 is 11.5 Å². The van der Waals surface area contributed by atoms with Crippen LogP contribution in [0.3, 0.4) is 0 Å². The van der Waals surface area contributed by atoms with Gasteiger partial charge in [0.1, 0.15) is 10.6 Å². The highest BCUT2D eigenvalue weighted by Gasteiger charge is 2.16. The monoisotopic (exact) mass is 247 g/mol. The van der Waals surface area contributed by atoms with Crippen molar-refractivity contribution < 1.29 is 4.79 Å². The van der Waals surface area contributed by atoms with Crippen LogP contribution in [0.1, 0.15) is 20.8 Å². The minimum atomic E-state index is -0.532. The Morgan fingerprint density at radius 2 is 1.82 bits per heavy atom. The van der Waals surface area contributed by atoms with E-state index in [1.807, 2.05) is 26.0 Å². The molecule has 0 aliphatic heterocycles. The third kappa shape index (κ3) is 2.14. The maximum Gasteiger partial charge on any atom is 0.262 e. The van der Waals surface area contributed by atoms with Crippen LogP contribution in [0, 0.1) is 13.8 Å². The number of nitrogen functional groups attached to an aromatic ring is 1. The number of carbonyl (C=O) groups excluding carboxylic acids is 1. The number of amides is 1. The SMILES string of the molecule is Cc1cc(C)cc(-c2nsc(C(N)=O)c2N)c1. The van der Waals surface area contributed by atoms with E-state index >= 15 is 0 Å². The maximum absolute atomic E-state index is 11.1. The van der Waals surface area contributed by atoms with Gasteiger partial charge < -0.3 is 11.5 Å². The molecule has 0 radical (unpaired) electrons. The lowest BCUT2D eigenvalue weighted by atomic mass is 10.0. The predicted molar refractivity (Wildman–Crippen MR) is 70.0 cm³/mol. The smallest absolute Gasteiger partial charge is 0.262 e. The van der Waals surface area contributed by atoms with E-state index in [4.69, 9.17) is 11.5 Å². The largest absolute Gasteiger partial charge is 0.396 e. The first-order valence-electron chi connectivity index (χ1n) is 5.12. The summed E-state index contributed by atoms with van der Waals surface area (Å²) in [6.07, 6.45) is 0. The van der Waals surface area contributed by atoms with Gasteiger partial charge in [-0.15, -0.1) is 0 Å². The van der Waals surface area contributed by atoms with E-state index in [0.29, 0.717) is 16.3 Å². The summed E-state index contributed by atoms with van der Waals surface area (Å²) in [5.74, 6) is -0.532. The lowest BCUT2D eigenvalue weighted by molar-refractivity contribution is 0.100. The Hall–Kier alpha value is -1.88. The van der Waals surface area contributed by atoms with Crippen LogP contribution >= 0.6 is 11.5 Å². The summed E-state index contributed by atoms with van der Waals surface area (Å²) in [4.78, 5) is 11.4. The lowest BCUT2D eigenvalue weighted by Gasteiger charge is -2.03. The molecule has 2 rings (SSSR count). The molecule has 2 aromatic rings. The quantitative estimate of drug-likeness (QED) is 0.852. The fourth-order valence-electron chi connectivity index (χ4n) is 1.79. The first-order chi connectivity index (χ1) is 7.99. The van der Waals surface area contributed by atoms with Crippen molar-refractivity contribution in [2.45, 2.75) is 13.8 Å². The van der Waals surface area contributed by atoms with Crippen LogP contribution in [0.15, 0.2) is 18.2 Å². The molecule has 1 heterocycles. The molecule has 88 valence electrons.